The predicted octanol–water partition coefficient (Wildman–Crippen LogP) is 4.01. The molecule has 0 amide bonds. The van der Waals surface area contributed by atoms with Crippen molar-refractivity contribution in [2.45, 2.75) is 13.1 Å². The first-order valence-corrected chi connectivity index (χ1v) is 12.4. The second-order valence-electron chi connectivity index (χ2n) is 8.54. The van der Waals surface area contributed by atoms with E-state index in [9.17, 15) is 13.2 Å². The molecule has 0 aliphatic carbocycles. The van der Waals surface area contributed by atoms with Crippen molar-refractivity contribution >= 4 is 61.7 Å². The molecule has 0 saturated carbocycles. The zero-order valence-corrected chi connectivity index (χ0v) is 22.7. The third-order valence-corrected chi connectivity index (χ3v) is 6.46. The third-order valence-electron chi connectivity index (χ3n) is 5.67. The SMILES string of the molecule is Cc1c(NCCN(C)C)cc(Cl)cc1N1CCN(c2ncnc3n[nH]c(Br)c23)CC1.O=C(O)C(F)(F)F. The van der Waals surface area contributed by atoms with Gasteiger partial charge in [-0.2, -0.15) is 18.3 Å². The number of carboxylic acid groups (broad SMARTS) is 1. The van der Waals surface area contributed by atoms with E-state index in [-0.39, 0.29) is 0 Å². The van der Waals surface area contributed by atoms with Crippen LogP contribution in [0.15, 0.2) is 23.1 Å². The van der Waals surface area contributed by atoms with E-state index in [0.717, 1.165) is 65.8 Å². The number of alkyl halides is 3. The van der Waals surface area contributed by atoms with Gasteiger partial charge < -0.3 is 25.1 Å². The number of nitrogens with one attached hydrogen (secondary N) is 2. The molecule has 37 heavy (non-hydrogen) atoms. The first kappa shape index (κ1) is 28.7. The lowest BCUT2D eigenvalue weighted by Gasteiger charge is -2.38. The van der Waals surface area contributed by atoms with Crippen molar-refractivity contribution in [2.75, 3.05) is 68.5 Å². The molecule has 0 radical (unpaired) electrons. The Balaban J connectivity index is 0.000000479. The minimum atomic E-state index is -5.08. The summed E-state index contributed by atoms with van der Waals surface area (Å²) >= 11 is 9.99. The number of rotatable bonds is 6. The van der Waals surface area contributed by atoms with Crippen LogP contribution in [0.4, 0.5) is 30.4 Å². The lowest BCUT2D eigenvalue weighted by molar-refractivity contribution is -0.192. The standard InChI is InChI=1S/C20H26BrClN8.C2HF3O2/c1-13-15(23-4-5-28(2)3)10-14(22)11-16(13)29-6-8-30(9-7-29)20-17-18(21)26-27-19(17)24-12-25-20;3-2(4,5)1(6)7/h10-12,23H,4-9H2,1-3H3,(H,24,25,26,27);(H,6,7). The molecule has 1 aliphatic rings. The molecular weight excluding hydrogens is 581 g/mol. The summed E-state index contributed by atoms with van der Waals surface area (Å²) in [5.74, 6) is -1.85. The van der Waals surface area contributed by atoms with Gasteiger partial charge in [0.2, 0.25) is 0 Å². The molecule has 0 unspecified atom stereocenters. The normalized spacial score (nSPS) is 14.1. The van der Waals surface area contributed by atoms with Crippen molar-refractivity contribution in [1.82, 2.24) is 25.1 Å². The molecule has 1 aliphatic heterocycles. The van der Waals surface area contributed by atoms with Crippen LogP contribution in [0.5, 0.6) is 0 Å². The van der Waals surface area contributed by atoms with Gasteiger partial charge in [0, 0.05) is 55.7 Å². The Labute approximate surface area is 224 Å². The van der Waals surface area contributed by atoms with Crippen LogP contribution in [0.25, 0.3) is 11.0 Å². The number of halogens is 5. The number of hydrogen-bond acceptors (Lipinski definition) is 8. The number of aromatic nitrogens is 4. The van der Waals surface area contributed by atoms with Crippen molar-refractivity contribution < 1.29 is 23.1 Å². The molecule has 2 aromatic heterocycles. The van der Waals surface area contributed by atoms with Gasteiger partial charge in [0.15, 0.2) is 5.65 Å². The molecule has 3 N–H and O–H groups in total. The van der Waals surface area contributed by atoms with Crippen molar-refractivity contribution in [2.24, 2.45) is 0 Å². The number of H-pyrrole nitrogens is 1. The summed E-state index contributed by atoms with van der Waals surface area (Å²) in [7, 11) is 4.15. The minimum Gasteiger partial charge on any atom is -0.475 e. The molecule has 1 saturated heterocycles. The van der Waals surface area contributed by atoms with Gasteiger partial charge in [0.1, 0.15) is 16.7 Å². The second kappa shape index (κ2) is 12.1. The van der Waals surface area contributed by atoms with E-state index in [0.29, 0.717) is 5.65 Å². The Morgan fingerprint density at radius 1 is 1.22 bits per heavy atom. The summed E-state index contributed by atoms with van der Waals surface area (Å²) in [5, 5.41) is 19.5. The number of aliphatic carboxylic acids is 1. The van der Waals surface area contributed by atoms with Gasteiger partial charge in [-0.1, -0.05) is 11.6 Å². The second-order valence-corrected chi connectivity index (χ2v) is 9.77. The molecule has 1 fully saturated rings. The first-order chi connectivity index (χ1) is 17.4. The molecule has 15 heteroatoms. The number of piperazine rings is 1. The molecule has 0 spiro atoms. The van der Waals surface area contributed by atoms with Crippen molar-refractivity contribution in [1.29, 1.82) is 0 Å². The molecular formula is C22H27BrClF3N8O2. The first-order valence-electron chi connectivity index (χ1n) is 11.2. The van der Waals surface area contributed by atoms with Gasteiger partial charge >= 0.3 is 12.1 Å². The van der Waals surface area contributed by atoms with Gasteiger partial charge in [0.05, 0.1) is 5.39 Å². The number of carboxylic acids is 1. The van der Waals surface area contributed by atoms with Crippen molar-refractivity contribution in [3.05, 3.63) is 33.6 Å². The average molecular weight is 608 g/mol. The molecule has 10 nitrogen and oxygen atoms in total. The van der Waals surface area contributed by atoms with Crippen LogP contribution in [-0.4, -0.2) is 95.7 Å². The van der Waals surface area contributed by atoms with Crippen LogP contribution in [0.2, 0.25) is 5.02 Å². The van der Waals surface area contributed by atoms with Crippen molar-refractivity contribution in [3.8, 4) is 0 Å². The summed E-state index contributed by atoms with van der Waals surface area (Å²) in [5.41, 5.74) is 4.19. The Morgan fingerprint density at radius 3 is 2.43 bits per heavy atom. The van der Waals surface area contributed by atoms with Gasteiger partial charge in [-0.05, 0) is 54.6 Å². The van der Waals surface area contributed by atoms with Crippen LogP contribution >= 0.6 is 27.5 Å². The average Bonchev–Trinajstić information content (AvgIpc) is 3.22. The lowest BCUT2D eigenvalue weighted by Crippen LogP contribution is -2.47. The Hall–Kier alpha value is -2.84. The lowest BCUT2D eigenvalue weighted by atomic mass is 10.1. The molecule has 0 bridgehead atoms. The Morgan fingerprint density at radius 2 is 1.84 bits per heavy atom. The monoisotopic (exact) mass is 606 g/mol. The number of fused-ring (bicyclic) bond motifs is 1. The highest BCUT2D eigenvalue weighted by atomic mass is 79.9. The Kier molecular flexibility index (Phi) is 9.42. The fraction of sp³-hybridized carbons (Fsp3) is 0.455. The predicted molar refractivity (Wildman–Crippen MR) is 141 cm³/mol. The Bertz CT molecular complexity index is 1230. The maximum atomic E-state index is 10.6. The van der Waals surface area contributed by atoms with E-state index in [4.69, 9.17) is 21.5 Å². The van der Waals surface area contributed by atoms with Crippen LogP contribution in [-0.2, 0) is 4.79 Å². The van der Waals surface area contributed by atoms with E-state index >= 15 is 0 Å². The third kappa shape index (κ3) is 7.36. The summed E-state index contributed by atoms with van der Waals surface area (Å²) < 4.78 is 32.6. The molecule has 3 heterocycles. The summed E-state index contributed by atoms with van der Waals surface area (Å²) in [4.78, 5) is 24.5. The fourth-order valence-corrected chi connectivity index (χ4v) is 4.45. The van der Waals surface area contributed by atoms with Crippen LogP contribution in [0.3, 0.4) is 0 Å². The zero-order chi connectivity index (χ0) is 27.3. The van der Waals surface area contributed by atoms with Crippen LogP contribution in [0.1, 0.15) is 5.56 Å². The van der Waals surface area contributed by atoms with E-state index in [2.05, 4.69) is 83.2 Å². The highest BCUT2D eigenvalue weighted by molar-refractivity contribution is 9.10. The van der Waals surface area contributed by atoms with Gasteiger partial charge in [-0.25, -0.2) is 14.8 Å². The number of anilines is 3. The van der Waals surface area contributed by atoms with Gasteiger partial charge in [-0.15, -0.1) is 0 Å². The van der Waals surface area contributed by atoms with E-state index in [1.807, 2.05) is 6.07 Å². The van der Waals surface area contributed by atoms with E-state index in [1.54, 1.807) is 6.33 Å². The van der Waals surface area contributed by atoms with Gasteiger partial charge in [-0.3, -0.25) is 5.10 Å². The molecule has 0 atom stereocenters. The maximum absolute atomic E-state index is 10.6. The fourth-order valence-electron chi connectivity index (χ4n) is 3.80. The van der Waals surface area contributed by atoms with E-state index in [1.165, 1.54) is 11.3 Å². The minimum absolute atomic E-state index is 0.674. The smallest absolute Gasteiger partial charge is 0.475 e. The number of hydrogen-bond donors (Lipinski definition) is 3. The summed E-state index contributed by atoms with van der Waals surface area (Å²) in [6.45, 7) is 7.50. The van der Waals surface area contributed by atoms with Gasteiger partial charge in [0.25, 0.3) is 0 Å². The number of nitrogens with zero attached hydrogens (tertiary/aromatic N) is 6. The number of benzene rings is 1. The quantitative estimate of drug-likeness (QED) is 0.383. The van der Waals surface area contributed by atoms with Crippen LogP contribution < -0.4 is 15.1 Å². The maximum Gasteiger partial charge on any atom is 0.490 e. The molecule has 1 aromatic carbocycles. The molecule has 3 aromatic rings. The topological polar surface area (TPSA) is 114 Å². The number of carbonyl (C=O) groups is 1. The largest absolute Gasteiger partial charge is 0.490 e. The van der Waals surface area contributed by atoms with E-state index < -0.39 is 12.1 Å². The zero-order valence-electron chi connectivity index (χ0n) is 20.4. The number of aromatic amines is 1. The van der Waals surface area contributed by atoms with Crippen molar-refractivity contribution in [3.63, 3.8) is 0 Å². The number of likely N-dealkylation sites (N-methyl/N-ethyl adjacent to an activating group) is 1. The highest BCUT2D eigenvalue weighted by Gasteiger charge is 2.38. The molecule has 202 valence electrons. The summed E-state index contributed by atoms with van der Waals surface area (Å²) in [6, 6.07) is 4.08. The highest BCUT2D eigenvalue weighted by Crippen LogP contribution is 2.33. The summed E-state index contributed by atoms with van der Waals surface area (Å²) in [6.07, 6.45) is -3.51. The molecule has 4 rings (SSSR count). The van der Waals surface area contributed by atoms with Crippen LogP contribution in [0, 0.1) is 6.92 Å².